The number of aromatic nitrogens is 1. The smallest absolute Gasteiger partial charge is 0.338 e. The Morgan fingerprint density at radius 2 is 1.80 bits per heavy atom. The van der Waals surface area contributed by atoms with Crippen LogP contribution in [0.4, 0.5) is 0 Å². The summed E-state index contributed by atoms with van der Waals surface area (Å²) in [5, 5.41) is 0. The maximum absolute atomic E-state index is 14.0. The van der Waals surface area contributed by atoms with E-state index in [1.807, 2.05) is 60.7 Å². The summed E-state index contributed by atoms with van der Waals surface area (Å²) in [4.78, 5) is 32.9. The minimum Gasteiger partial charge on any atom is -0.489 e. The number of ether oxygens (including phenoxy) is 4. The summed E-state index contributed by atoms with van der Waals surface area (Å²) in [6, 6.07) is 20.9. The molecule has 0 saturated carbocycles. The number of hydrogen-bond acceptors (Lipinski definition) is 8. The average Bonchev–Trinajstić information content (AvgIpc) is 3.64. The van der Waals surface area contributed by atoms with Crippen molar-refractivity contribution in [2.45, 2.75) is 59.1 Å². The van der Waals surface area contributed by atoms with E-state index in [4.69, 9.17) is 23.9 Å². The highest BCUT2D eigenvalue weighted by atomic mass is 32.1. The molecule has 0 unspecified atom stereocenters. The summed E-state index contributed by atoms with van der Waals surface area (Å²) in [6.45, 7) is 8.97. The van der Waals surface area contributed by atoms with E-state index in [2.05, 4.69) is 32.9 Å². The molecule has 232 valence electrons. The van der Waals surface area contributed by atoms with Gasteiger partial charge < -0.3 is 18.9 Å². The monoisotopic (exact) mass is 624 g/mol. The molecule has 9 heteroatoms. The lowest BCUT2D eigenvalue weighted by molar-refractivity contribution is -0.139. The molecule has 0 N–H and O–H groups in total. The van der Waals surface area contributed by atoms with Gasteiger partial charge in [0.2, 0.25) is 6.79 Å². The zero-order valence-corrected chi connectivity index (χ0v) is 26.7. The number of carbonyl (C=O) groups excluding carboxylic acids is 1. The van der Waals surface area contributed by atoms with Gasteiger partial charge in [-0.3, -0.25) is 9.36 Å². The van der Waals surface area contributed by atoms with Crippen molar-refractivity contribution in [3.63, 3.8) is 0 Å². The number of carbonyl (C=O) groups is 1. The molecular formula is C36H36N2O6S. The van der Waals surface area contributed by atoms with Crippen LogP contribution in [0.1, 0.15) is 74.8 Å². The number of benzene rings is 3. The van der Waals surface area contributed by atoms with Crippen molar-refractivity contribution < 1.29 is 23.7 Å². The van der Waals surface area contributed by atoms with E-state index in [-0.39, 0.29) is 19.0 Å². The molecule has 1 aromatic heterocycles. The third kappa shape index (κ3) is 6.31. The number of allylic oxidation sites excluding steroid dienone is 1. The van der Waals surface area contributed by atoms with Gasteiger partial charge >= 0.3 is 5.97 Å². The van der Waals surface area contributed by atoms with E-state index in [1.165, 1.54) is 16.9 Å². The minimum absolute atomic E-state index is 0.197. The van der Waals surface area contributed by atoms with Crippen molar-refractivity contribution in [3.05, 3.63) is 120 Å². The van der Waals surface area contributed by atoms with Crippen LogP contribution in [0.15, 0.2) is 87.8 Å². The maximum atomic E-state index is 14.0. The van der Waals surface area contributed by atoms with E-state index in [0.717, 1.165) is 34.6 Å². The molecule has 3 heterocycles. The first-order chi connectivity index (χ1) is 21.9. The molecule has 0 fully saturated rings. The fourth-order valence-corrected chi connectivity index (χ4v) is 6.53. The molecule has 0 radical (unpaired) electrons. The zero-order valence-electron chi connectivity index (χ0n) is 25.9. The molecule has 8 nitrogen and oxygen atoms in total. The molecule has 0 saturated heterocycles. The number of nitrogens with zero attached hydrogens (tertiary/aromatic N) is 2. The number of thiazole rings is 1. The third-order valence-electron chi connectivity index (χ3n) is 7.83. The number of hydrogen-bond donors (Lipinski definition) is 0. The lowest BCUT2D eigenvalue weighted by Gasteiger charge is -2.26. The Hall–Kier alpha value is -4.63. The molecule has 0 aliphatic carbocycles. The lowest BCUT2D eigenvalue weighted by Crippen LogP contribution is -2.40. The molecule has 45 heavy (non-hydrogen) atoms. The normalized spacial score (nSPS) is 15.7. The standard InChI is InChI=1S/C36H36N2O6S/c1-5-7-28-32(35(40)41-6-2)33(26-13-11-25(12-14-26)22(3)4)38-34(39)31(45-36(38)37-28)19-23-8-15-27(16-9-23)42-20-24-10-17-29-30(18-24)44-21-43-29/h8-19,22,33H,5-7,20-21H2,1-4H3/b31-19-/t33-/m1/s1. The largest absolute Gasteiger partial charge is 0.489 e. The van der Waals surface area contributed by atoms with E-state index < -0.39 is 12.0 Å². The Kier molecular flexibility index (Phi) is 8.89. The first kappa shape index (κ1) is 30.4. The molecule has 0 spiro atoms. The number of rotatable bonds is 10. The Morgan fingerprint density at radius 3 is 2.51 bits per heavy atom. The highest BCUT2D eigenvalue weighted by Crippen LogP contribution is 2.34. The molecule has 2 aliphatic rings. The van der Waals surface area contributed by atoms with Gasteiger partial charge in [-0.1, -0.05) is 81.0 Å². The van der Waals surface area contributed by atoms with Crippen LogP contribution in [-0.4, -0.2) is 23.9 Å². The predicted octanol–water partition coefficient (Wildman–Crippen LogP) is 6.01. The Labute approximate surface area is 265 Å². The van der Waals surface area contributed by atoms with Gasteiger partial charge in [0.25, 0.3) is 5.56 Å². The molecule has 0 bridgehead atoms. The van der Waals surface area contributed by atoms with Gasteiger partial charge in [-0.05, 0) is 71.9 Å². The topological polar surface area (TPSA) is 88.4 Å². The quantitative estimate of drug-likeness (QED) is 0.201. The number of fused-ring (bicyclic) bond motifs is 2. The van der Waals surface area contributed by atoms with Gasteiger partial charge in [0, 0.05) is 0 Å². The van der Waals surface area contributed by atoms with Crippen LogP contribution in [0, 0.1) is 0 Å². The van der Waals surface area contributed by atoms with Crippen molar-refractivity contribution in [3.8, 4) is 17.2 Å². The Morgan fingerprint density at radius 1 is 1.04 bits per heavy atom. The molecule has 3 aromatic carbocycles. The molecule has 2 aliphatic heterocycles. The van der Waals surface area contributed by atoms with E-state index in [9.17, 15) is 9.59 Å². The lowest BCUT2D eigenvalue weighted by atomic mass is 9.92. The van der Waals surface area contributed by atoms with Crippen LogP contribution in [0.5, 0.6) is 17.2 Å². The van der Waals surface area contributed by atoms with Gasteiger partial charge in [0.05, 0.1) is 28.5 Å². The third-order valence-corrected chi connectivity index (χ3v) is 8.81. The maximum Gasteiger partial charge on any atom is 0.338 e. The van der Waals surface area contributed by atoms with Gasteiger partial charge in [-0.15, -0.1) is 0 Å². The molecular weight excluding hydrogens is 588 g/mol. The molecule has 0 amide bonds. The van der Waals surface area contributed by atoms with Crippen molar-refractivity contribution in [1.29, 1.82) is 0 Å². The van der Waals surface area contributed by atoms with Crippen LogP contribution in [0.25, 0.3) is 6.08 Å². The highest BCUT2D eigenvalue weighted by molar-refractivity contribution is 7.07. The van der Waals surface area contributed by atoms with E-state index in [0.29, 0.717) is 45.3 Å². The van der Waals surface area contributed by atoms with Gasteiger partial charge in [-0.2, -0.15) is 0 Å². The minimum atomic E-state index is -0.628. The van der Waals surface area contributed by atoms with Gasteiger partial charge in [0.15, 0.2) is 16.3 Å². The first-order valence-corrected chi connectivity index (χ1v) is 16.1. The van der Waals surface area contributed by atoms with Gasteiger partial charge in [0.1, 0.15) is 12.4 Å². The van der Waals surface area contributed by atoms with Crippen LogP contribution in [0.2, 0.25) is 0 Å². The summed E-state index contributed by atoms with van der Waals surface area (Å²) in [7, 11) is 0. The summed E-state index contributed by atoms with van der Waals surface area (Å²) < 4.78 is 24.5. The molecule has 6 rings (SSSR count). The Balaban J connectivity index is 1.33. The van der Waals surface area contributed by atoms with Crippen LogP contribution >= 0.6 is 11.3 Å². The van der Waals surface area contributed by atoms with E-state index >= 15 is 0 Å². The molecule has 1 atom stereocenters. The molecule has 4 aromatic rings. The first-order valence-electron chi connectivity index (χ1n) is 15.3. The highest BCUT2D eigenvalue weighted by Gasteiger charge is 2.34. The second-order valence-electron chi connectivity index (χ2n) is 11.3. The van der Waals surface area contributed by atoms with E-state index in [1.54, 1.807) is 11.5 Å². The average molecular weight is 625 g/mol. The zero-order chi connectivity index (χ0) is 31.5. The summed E-state index contributed by atoms with van der Waals surface area (Å²) in [6.07, 6.45) is 3.27. The SMILES string of the molecule is CCCC1=C(C(=O)OCC)[C@@H](c2ccc(C(C)C)cc2)n2c(s/c(=C\c3ccc(OCc4ccc5c(c4)OCO5)cc3)c2=O)=N1. The van der Waals surface area contributed by atoms with Crippen LogP contribution < -0.4 is 29.1 Å². The predicted molar refractivity (Wildman–Crippen MR) is 174 cm³/mol. The second kappa shape index (κ2) is 13.2. The summed E-state index contributed by atoms with van der Waals surface area (Å²) in [5.41, 5.74) is 4.77. The second-order valence-corrected chi connectivity index (χ2v) is 12.3. The van der Waals surface area contributed by atoms with Crippen LogP contribution in [-0.2, 0) is 16.1 Å². The Bertz CT molecular complexity index is 1920. The summed E-state index contributed by atoms with van der Waals surface area (Å²) >= 11 is 1.33. The van der Waals surface area contributed by atoms with Gasteiger partial charge in [-0.25, -0.2) is 9.79 Å². The fourth-order valence-electron chi connectivity index (χ4n) is 5.51. The van der Waals surface area contributed by atoms with Crippen molar-refractivity contribution in [2.75, 3.05) is 13.4 Å². The van der Waals surface area contributed by atoms with Crippen molar-refractivity contribution in [1.82, 2.24) is 4.57 Å². The fraction of sp³-hybridized carbons (Fsp3) is 0.306. The van der Waals surface area contributed by atoms with Crippen molar-refractivity contribution >= 4 is 23.4 Å². The number of esters is 1. The van der Waals surface area contributed by atoms with Crippen LogP contribution in [0.3, 0.4) is 0 Å². The van der Waals surface area contributed by atoms with Crippen molar-refractivity contribution in [2.24, 2.45) is 4.99 Å². The summed E-state index contributed by atoms with van der Waals surface area (Å²) in [5.74, 6) is 2.09.